The van der Waals surface area contributed by atoms with E-state index in [4.69, 9.17) is 5.26 Å². The van der Waals surface area contributed by atoms with Crippen molar-refractivity contribution in [3.63, 3.8) is 0 Å². The number of aromatic amines is 1. The minimum atomic E-state index is -0.515. The van der Waals surface area contributed by atoms with Crippen molar-refractivity contribution in [2.75, 3.05) is 19.6 Å². The van der Waals surface area contributed by atoms with Gasteiger partial charge in [-0.15, -0.1) is 0 Å². The monoisotopic (exact) mass is 421 g/mol. The van der Waals surface area contributed by atoms with Crippen LogP contribution in [0.25, 0.3) is 22.2 Å². The quantitative estimate of drug-likeness (QED) is 0.357. The Balaban J connectivity index is 1.55. The van der Waals surface area contributed by atoms with Crippen LogP contribution in [0.15, 0.2) is 21.7 Å². The summed E-state index contributed by atoms with van der Waals surface area (Å²) in [6.07, 6.45) is 2.93. The second-order valence-electron chi connectivity index (χ2n) is 7.95. The number of rotatable bonds is 4. The number of likely N-dealkylation sites (tertiary alicyclic amines) is 1. The topological polar surface area (TPSA) is 137 Å². The Bertz CT molecular complexity index is 1330. The number of aryl methyl sites for hydroxylation is 2. The number of carbonyl (C=O) groups excluding carboxylic acids is 1. The highest BCUT2D eigenvalue weighted by Gasteiger charge is 2.25. The number of benzene rings is 1. The van der Waals surface area contributed by atoms with E-state index in [1.165, 1.54) is 0 Å². The fourth-order valence-corrected chi connectivity index (χ4v) is 3.96. The smallest absolute Gasteiger partial charge is 0.302 e. The average molecular weight is 421 g/mol. The lowest BCUT2D eigenvalue weighted by molar-refractivity contribution is -0.125. The number of hydrogen-bond acceptors (Lipinski definition) is 7. The van der Waals surface area contributed by atoms with Gasteiger partial charge >= 0.3 is 5.69 Å². The van der Waals surface area contributed by atoms with Gasteiger partial charge in [0.05, 0.1) is 11.0 Å². The number of carbonyl (C=O) groups is 1. The molecule has 4 rings (SSSR count). The average Bonchev–Trinajstić information content (AvgIpc) is 2.74. The van der Waals surface area contributed by atoms with E-state index < -0.39 is 11.2 Å². The van der Waals surface area contributed by atoms with Crippen LogP contribution in [0.3, 0.4) is 0 Å². The molecule has 0 bridgehead atoms. The van der Waals surface area contributed by atoms with Crippen molar-refractivity contribution in [3.05, 3.63) is 44.1 Å². The molecule has 0 unspecified atom stereocenters. The van der Waals surface area contributed by atoms with Gasteiger partial charge < -0.3 is 4.90 Å². The van der Waals surface area contributed by atoms with Crippen LogP contribution in [0.4, 0.5) is 0 Å². The Labute approximate surface area is 177 Å². The first-order chi connectivity index (χ1) is 14.9. The highest BCUT2D eigenvalue weighted by Crippen LogP contribution is 2.18. The van der Waals surface area contributed by atoms with E-state index in [0.717, 1.165) is 15.7 Å². The van der Waals surface area contributed by atoms with Crippen molar-refractivity contribution < 1.29 is 4.79 Å². The van der Waals surface area contributed by atoms with Crippen LogP contribution < -0.4 is 16.6 Å². The molecule has 1 saturated heterocycles. The molecule has 160 valence electrons. The second kappa shape index (κ2) is 8.28. The van der Waals surface area contributed by atoms with E-state index in [9.17, 15) is 14.4 Å². The minimum absolute atomic E-state index is 0.141. The van der Waals surface area contributed by atoms with Crippen molar-refractivity contribution >= 4 is 28.1 Å². The summed E-state index contributed by atoms with van der Waals surface area (Å²) in [5.74, 6) is -0.432. The predicted octanol–water partition coefficient (Wildman–Crippen LogP) is 0.559. The maximum atomic E-state index is 13.0. The van der Waals surface area contributed by atoms with Crippen LogP contribution in [0.5, 0.6) is 0 Å². The van der Waals surface area contributed by atoms with Crippen molar-refractivity contribution in [3.8, 4) is 6.19 Å². The van der Waals surface area contributed by atoms with E-state index >= 15 is 0 Å². The second-order valence-corrected chi connectivity index (χ2v) is 7.95. The summed E-state index contributed by atoms with van der Waals surface area (Å²) in [5, 5.41) is 10.8. The largest absolute Gasteiger partial charge is 0.330 e. The molecule has 3 aromatic rings. The van der Waals surface area contributed by atoms with Crippen molar-refractivity contribution in [1.82, 2.24) is 29.7 Å². The maximum Gasteiger partial charge on any atom is 0.330 e. The molecule has 1 fully saturated rings. The number of fused-ring (bicyclic) bond motifs is 2. The van der Waals surface area contributed by atoms with E-state index in [0.29, 0.717) is 43.5 Å². The first kappa shape index (κ1) is 20.7. The van der Waals surface area contributed by atoms with Crippen LogP contribution >= 0.6 is 0 Å². The van der Waals surface area contributed by atoms with Gasteiger partial charge in [0.1, 0.15) is 0 Å². The third kappa shape index (κ3) is 4.04. The number of nitriles is 1. The molecule has 0 spiro atoms. The van der Waals surface area contributed by atoms with E-state index in [1.807, 2.05) is 26.0 Å². The molecule has 0 atom stereocenters. The summed E-state index contributed by atoms with van der Waals surface area (Å²) in [5.41, 5.74) is 2.71. The van der Waals surface area contributed by atoms with Gasteiger partial charge in [0.25, 0.3) is 5.56 Å². The molecule has 0 saturated carbocycles. The first-order valence-electron chi connectivity index (χ1n) is 10.2. The molecule has 1 aliphatic rings. The number of hydrogen-bond donors (Lipinski definition) is 2. The van der Waals surface area contributed by atoms with Crippen molar-refractivity contribution in [1.29, 1.82) is 5.26 Å². The Kier molecular flexibility index (Phi) is 5.52. The minimum Gasteiger partial charge on any atom is -0.302 e. The maximum absolute atomic E-state index is 13.0. The summed E-state index contributed by atoms with van der Waals surface area (Å²) in [6.45, 7) is 5.98. The summed E-state index contributed by atoms with van der Waals surface area (Å²) < 4.78 is 1.15. The molecule has 1 aliphatic heterocycles. The molecule has 3 heterocycles. The van der Waals surface area contributed by atoms with Gasteiger partial charge in [0.2, 0.25) is 5.91 Å². The first-order valence-corrected chi connectivity index (χ1v) is 10.2. The number of piperidine rings is 1. The van der Waals surface area contributed by atoms with E-state index in [2.05, 4.69) is 25.2 Å². The van der Waals surface area contributed by atoms with Gasteiger partial charge in [-0.25, -0.2) is 14.8 Å². The number of nitrogens with one attached hydrogen (secondary N) is 2. The van der Waals surface area contributed by atoms with E-state index in [1.54, 1.807) is 6.19 Å². The molecule has 1 amide bonds. The van der Waals surface area contributed by atoms with Crippen LogP contribution in [0.1, 0.15) is 24.0 Å². The number of amides is 1. The van der Waals surface area contributed by atoms with Crippen LogP contribution in [-0.2, 0) is 11.3 Å². The lowest BCUT2D eigenvalue weighted by atomic mass is 9.96. The standard InChI is InChI=1S/C21H23N7O3/c1-12-9-15-16(10-13(12)2)25-18-17(24-15)20(30)28(21(31)26-18)8-7-27-5-3-14(4-6-27)19(29)23-11-22/h9-10,14H,3-8H2,1-2H3,(H,23,29)(H,25,26,31). The predicted molar refractivity (Wildman–Crippen MR) is 114 cm³/mol. The third-order valence-electron chi connectivity index (χ3n) is 5.98. The van der Waals surface area contributed by atoms with Crippen LogP contribution in [-0.4, -0.2) is 50.0 Å². The summed E-state index contributed by atoms with van der Waals surface area (Å²) in [7, 11) is 0. The fraction of sp³-hybridized carbons (Fsp3) is 0.429. The lowest BCUT2D eigenvalue weighted by Crippen LogP contribution is -2.43. The van der Waals surface area contributed by atoms with Crippen molar-refractivity contribution in [2.24, 2.45) is 5.92 Å². The third-order valence-corrected chi connectivity index (χ3v) is 5.98. The lowest BCUT2D eigenvalue weighted by Gasteiger charge is -2.30. The highest BCUT2D eigenvalue weighted by atomic mass is 16.2. The molecular formula is C21H23N7O3. The molecule has 31 heavy (non-hydrogen) atoms. The summed E-state index contributed by atoms with van der Waals surface area (Å²) in [6, 6.07) is 3.78. The molecule has 0 aliphatic carbocycles. The number of aromatic nitrogens is 4. The van der Waals surface area contributed by atoms with Gasteiger partial charge in [-0.05, 0) is 63.0 Å². The number of nitrogens with zero attached hydrogens (tertiary/aromatic N) is 5. The Morgan fingerprint density at radius 2 is 1.81 bits per heavy atom. The van der Waals surface area contributed by atoms with Gasteiger partial charge in [0.15, 0.2) is 17.4 Å². The zero-order valence-corrected chi connectivity index (χ0v) is 17.4. The molecule has 10 heteroatoms. The number of H-pyrrole nitrogens is 1. The zero-order chi connectivity index (χ0) is 22.1. The zero-order valence-electron chi connectivity index (χ0n) is 17.4. The Morgan fingerprint density at radius 3 is 2.45 bits per heavy atom. The summed E-state index contributed by atoms with van der Waals surface area (Å²) >= 11 is 0. The summed E-state index contributed by atoms with van der Waals surface area (Å²) in [4.78, 5) is 51.0. The Morgan fingerprint density at radius 1 is 1.16 bits per heavy atom. The molecule has 1 aromatic carbocycles. The Hall–Kier alpha value is -3.58. The van der Waals surface area contributed by atoms with Crippen LogP contribution in [0.2, 0.25) is 0 Å². The molecule has 2 N–H and O–H groups in total. The highest BCUT2D eigenvalue weighted by molar-refractivity contribution is 5.84. The molecule has 2 aromatic heterocycles. The molecule has 0 radical (unpaired) electrons. The van der Waals surface area contributed by atoms with Crippen molar-refractivity contribution in [2.45, 2.75) is 33.2 Å². The normalized spacial score (nSPS) is 15.3. The SMILES string of the molecule is Cc1cc2nc3[nH]c(=O)n(CCN4CCC(C(=O)NC#N)CC4)c(=O)c3nc2cc1C. The van der Waals surface area contributed by atoms with Gasteiger partial charge in [-0.2, -0.15) is 5.26 Å². The molecule has 10 nitrogen and oxygen atoms in total. The fourth-order valence-electron chi connectivity index (χ4n) is 3.96. The van der Waals surface area contributed by atoms with Gasteiger partial charge in [0, 0.05) is 19.0 Å². The van der Waals surface area contributed by atoms with Crippen LogP contribution in [0, 0.1) is 31.2 Å². The van der Waals surface area contributed by atoms with Gasteiger partial charge in [-0.1, -0.05) is 0 Å². The molecular weight excluding hydrogens is 398 g/mol. The van der Waals surface area contributed by atoms with E-state index in [-0.39, 0.29) is 29.5 Å². The van der Waals surface area contributed by atoms with Gasteiger partial charge in [-0.3, -0.25) is 24.5 Å².